The second-order valence-electron chi connectivity index (χ2n) is 5.98. The Labute approximate surface area is 105 Å². The molecule has 0 aromatic rings. The molecule has 0 radical (unpaired) electrons. The SMILES string of the molecule is C=CCCCC1CCCC2(CCCC(O)C2)N1. The van der Waals surface area contributed by atoms with E-state index in [0.717, 1.165) is 19.3 Å². The predicted molar refractivity (Wildman–Crippen MR) is 72.0 cm³/mol. The fourth-order valence-corrected chi connectivity index (χ4v) is 3.68. The second kappa shape index (κ2) is 6.01. The van der Waals surface area contributed by atoms with Crippen molar-refractivity contribution < 1.29 is 5.11 Å². The summed E-state index contributed by atoms with van der Waals surface area (Å²) in [5, 5.41) is 13.7. The quantitative estimate of drug-likeness (QED) is 0.581. The van der Waals surface area contributed by atoms with Gasteiger partial charge in [-0.1, -0.05) is 12.5 Å². The summed E-state index contributed by atoms with van der Waals surface area (Å²) in [4.78, 5) is 0. The molecule has 3 atom stereocenters. The van der Waals surface area contributed by atoms with Crippen molar-refractivity contribution in [3.63, 3.8) is 0 Å². The molecule has 2 aliphatic rings. The highest BCUT2D eigenvalue weighted by molar-refractivity contribution is 4.98. The number of allylic oxidation sites excluding steroid dienone is 1. The maximum Gasteiger partial charge on any atom is 0.0557 e. The predicted octanol–water partition coefficient (Wildman–Crippen LogP) is 3.16. The molecule has 2 heteroatoms. The first kappa shape index (κ1) is 13.1. The Bertz CT molecular complexity index is 249. The molecule has 17 heavy (non-hydrogen) atoms. The standard InChI is InChI=1S/C15H27NO/c1-2-3-4-7-13-8-5-10-15(16-13)11-6-9-14(17)12-15/h2,13-14,16-17H,1,3-12H2. The van der Waals surface area contributed by atoms with Gasteiger partial charge in [0.2, 0.25) is 0 Å². The van der Waals surface area contributed by atoms with Crippen LogP contribution in [-0.4, -0.2) is 22.8 Å². The molecule has 3 unspecified atom stereocenters. The van der Waals surface area contributed by atoms with Crippen molar-refractivity contribution in [3.8, 4) is 0 Å². The van der Waals surface area contributed by atoms with E-state index in [4.69, 9.17) is 0 Å². The van der Waals surface area contributed by atoms with Crippen molar-refractivity contribution in [2.45, 2.75) is 81.9 Å². The summed E-state index contributed by atoms with van der Waals surface area (Å²) in [5.74, 6) is 0. The summed E-state index contributed by atoms with van der Waals surface area (Å²) in [6.07, 6.45) is 13.9. The van der Waals surface area contributed by atoms with Gasteiger partial charge < -0.3 is 10.4 Å². The third-order valence-electron chi connectivity index (χ3n) is 4.50. The highest BCUT2D eigenvalue weighted by atomic mass is 16.3. The minimum Gasteiger partial charge on any atom is -0.393 e. The first-order valence-electron chi connectivity index (χ1n) is 7.31. The summed E-state index contributed by atoms with van der Waals surface area (Å²) < 4.78 is 0. The van der Waals surface area contributed by atoms with Crippen molar-refractivity contribution in [1.82, 2.24) is 5.32 Å². The van der Waals surface area contributed by atoms with Gasteiger partial charge in [-0.05, 0) is 57.8 Å². The number of hydrogen-bond donors (Lipinski definition) is 2. The first-order chi connectivity index (χ1) is 8.24. The zero-order chi connectivity index (χ0) is 12.1. The lowest BCUT2D eigenvalue weighted by Crippen LogP contribution is -2.56. The highest BCUT2D eigenvalue weighted by Crippen LogP contribution is 2.36. The normalized spacial score (nSPS) is 38.2. The molecule has 98 valence electrons. The van der Waals surface area contributed by atoms with Crippen LogP contribution in [0.15, 0.2) is 12.7 Å². The molecule has 1 saturated heterocycles. The lowest BCUT2D eigenvalue weighted by Gasteiger charge is -2.46. The Morgan fingerprint density at radius 2 is 2.06 bits per heavy atom. The Balaban J connectivity index is 1.84. The molecule has 2 fully saturated rings. The van der Waals surface area contributed by atoms with E-state index in [-0.39, 0.29) is 11.6 Å². The van der Waals surface area contributed by atoms with Crippen molar-refractivity contribution in [2.24, 2.45) is 0 Å². The zero-order valence-corrected chi connectivity index (χ0v) is 11.0. The lowest BCUT2D eigenvalue weighted by molar-refractivity contribution is 0.0457. The van der Waals surface area contributed by atoms with E-state index in [1.54, 1.807) is 0 Å². The maximum atomic E-state index is 9.87. The van der Waals surface area contributed by atoms with Crippen molar-refractivity contribution in [2.75, 3.05) is 0 Å². The van der Waals surface area contributed by atoms with Crippen LogP contribution in [0.3, 0.4) is 0 Å². The summed E-state index contributed by atoms with van der Waals surface area (Å²) in [6, 6.07) is 0.675. The number of hydrogen-bond acceptors (Lipinski definition) is 2. The van der Waals surface area contributed by atoms with Crippen molar-refractivity contribution >= 4 is 0 Å². The number of aliphatic hydroxyl groups is 1. The van der Waals surface area contributed by atoms with Gasteiger partial charge in [-0.15, -0.1) is 6.58 Å². The van der Waals surface area contributed by atoms with E-state index in [9.17, 15) is 5.11 Å². The molecule has 1 heterocycles. The van der Waals surface area contributed by atoms with Crippen molar-refractivity contribution in [3.05, 3.63) is 12.7 Å². The average Bonchev–Trinajstić information content (AvgIpc) is 2.29. The van der Waals surface area contributed by atoms with Gasteiger partial charge in [-0.2, -0.15) is 0 Å². The average molecular weight is 237 g/mol. The summed E-state index contributed by atoms with van der Waals surface area (Å²) >= 11 is 0. The monoisotopic (exact) mass is 237 g/mol. The Kier molecular flexibility index (Phi) is 4.63. The fraction of sp³-hybridized carbons (Fsp3) is 0.867. The van der Waals surface area contributed by atoms with Crippen LogP contribution in [-0.2, 0) is 0 Å². The van der Waals surface area contributed by atoms with E-state index in [2.05, 4.69) is 11.9 Å². The van der Waals surface area contributed by atoms with Crippen LogP contribution >= 0.6 is 0 Å². The van der Waals surface area contributed by atoms with E-state index in [0.29, 0.717) is 6.04 Å². The first-order valence-corrected chi connectivity index (χ1v) is 7.31. The Morgan fingerprint density at radius 3 is 2.76 bits per heavy atom. The highest BCUT2D eigenvalue weighted by Gasteiger charge is 2.38. The third-order valence-corrected chi connectivity index (χ3v) is 4.50. The van der Waals surface area contributed by atoms with E-state index in [1.807, 2.05) is 6.08 Å². The van der Waals surface area contributed by atoms with Gasteiger partial charge in [-0.25, -0.2) is 0 Å². The molecule has 2 N–H and O–H groups in total. The van der Waals surface area contributed by atoms with Gasteiger partial charge in [0.25, 0.3) is 0 Å². The third kappa shape index (κ3) is 3.56. The van der Waals surface area contributed by atoms with Crippen LogP contribution in [0.2, 0.25) is 0 Å². The minimum absolute atomic E-state index is 0.0665. The van der Waals surface area contributed by atoms with Gasteiger partial charge in [0.05, 0.1) is 6.10 Å². The van der Waals surface area contributed by atoms with E-state index < -0.39 is 0 Å². The number of piperidine rings is 1. The largest absolute Gasteiger partial charge is 0.393 e. The molecule has 2 rings (SSSR count). The molecular formula is C15H27NO. The summed E-state index contributed by atoms with van der Waals surface area (Å²) in [6.45, 7) is 3.78. The van der Waals surface area contributed by atoms with Crippen LogP contribution in [0.5, 0.6) is 0 Å². The zero-order valence-electron chi connectivity index (χ0n) is 11.0. The maximum absolute atomic E-state index is 9.87. The van der Waals surface area contributed by atoms with Crippen LogP contribution in [0.25, 0.3) is 0 Å². The molecule has 0 bridgehead atoms. The molecule has 0 amide bonds. The van der Waals surface area contributed by atoms with Gasteiger partial charge >= 0.3 is 0 Å². The van der Waals surface area contributed by atoms with Crippen LogP contribution in [0.4, 0.5) is 0 Å². The molecule has 1 spiro atoms. The number of aliphatic hydroxyl groups excluding tert-OH is 1. The van der Waals surface area contributed by atoms with Crippen LogP contribution in [0, 0.1) is 0 Å². The summed E-state index contributed by atoms with van der Waals surface area (Å²) in [5.41, 5.74) is 0.273. The topological polar surface area (TPSA) is 32.3 Å². The number of nitrogens with one attached hydrogen (secondary N) is 1. The molecule has 0 aromatic carbocycles. The van der Waals surface area contributed by atoms with Gasteiger partial charge in [0.15, 0.2) is 0 Å². The molecule has 2 nitrogen and oxygen atoms in total. The Morgan fingerprint density at radius 1 is 1.29 bits per heavy atom. The van der Waals surface area contributed by atoms with E-state index in [1.165, 1.54) is 44.9 Å². The minimum atomic E-state index is -0.0665. The molecule has 1 aliphatic heterocycles. The van der Waals surface area contributed by atoms with Crippen molar-refractivity contribution in [1.29, 1.82) is 0 Å². The van der Waals surface area contributed by atoms with Crippen LogP contribution < -0.4 is 5.32 Å². The van der Waals surface area contributed by atoms with E-state index >= 15 is 0 Å². The fourth-order valence-electron chi connectivity index (χ4n) is 3.68. The van der Waals surface area contributed by atoms with Gasteiger partial charge in [0, 0.05) is 11.6 Å². The molecule has 1 aliphatic carbocycles. The number of rotatable bonds is 4. The van der Waals surface area contributed by atoms with Crippen LogP contribution in [0.1, 0.15) is 64.2 Å². The summed E-state index contributed by atoms with van der Waals surface area (Å²) in [7, 11) is 0. The number of unbranched alkanes of at least 4 members (excludes halogenated alkanes) is 1. The smallest absolute Gasteiger partial charge is 0.0557 e. The second-order valence-corrected chi connectivity index (χ2v) is 5.98. The van der Waals surface area contributed by atoms with Gasteiger partial charge in [0.1, 0.15) is 0 Å². The molecule has 1 saturated carbocycles. The van der Waals surface area contributed by atoms with Gasteiger partial charge in [-0.3, -0.25) is 0 Å². The molecular weight excluding hydrogens is 210 g/mol. The molecule has 0 aromatic heterocycles. The lowest BCUT2D eigenvalue weighted by atomic mass is 9.73. The Hall–Kier alpha value is -0.340.